The standard InChI is InChI=1S/C13HF5N6/c14-12(15,13(16,17)18)11-23-9-7(3-21)5(1-19)6(2-20)8(4-22)10(9)24-11/h11H. The van der Waals surface area contributed by atoms with Crippen LogP contribution in [0.5, 0.6) is 0 Å². The molecule has 1 aliphatic heterocycles. The van der Waals surface area contributed by atoms with Crippen molar-refractivity contribution in [3.63, 3.8) is 0 Å². The van der Waals surface area contributed by atoms with Crippen LogP contribution in [0.1, 0.15) is 22.3 Å². The van der Waals surface area contributed by atoms with E-state index >= 15 is 0 Å². The number of alkyl halides is 5. The summed E-state index contributed by atoms with van der Waals surface area (Å²) in [6.07, 6.45) is -8.92. The molecule has 1 heterocycles. The Labute approximate surface area is 129 Å². The van der Waals surface area contributed by atoms with E-state index in [0.29, 0.717) is 0 Å². The average molecular weight is 336 g/mol. The van der Waals surface area contributed by atoms with Gasteiger partial charge in [0.2, 0.25) is 6.17 Å². The topological polar surface area (TPSA) is 120 Å². The van der Waals surface area contributed by atoms with Gasteiger partial charge in [-0.15, -0.1) is 0 Å². The van der Waals surface area contributed by atoms with Crippen molar-refractivity contribution in [2.24, 2.45) is 9.98 Å². The molecule has 0 amide bonds. The minimum atomic E-state index is -5.97. The maximum absolute atomic E-state index is 13.4. The molecule has 0 fully saturated rings. The molecule has 0 bridgehead atoms. The van der Waals surface area contributed by atoms with Gasteiger partial charge in [-0.05, 0) is 0 Å². The Morgan fingerprint density at radius 3 is 1.25 bits per heavy atom. The molecule has 118 valence electrons. The molecular weight excluding hydrogens is 335 g/mol. The van der Waals surface area contributed by atoms with Crippen molar-refractivity contribution in [3.8, 4) is 24.3 Å². The number of benzene rings is 1. The van der Waals surface area contributed by atoms with Gasteiger partial charge in [0.25, 0.3) is 0 Å². The third kappa shape index (κ3) is 2.12. The Bertz CT molecular complexity index is 955. The second kappa shape index (κ2) is 5.26. The van der Waals surface area contributed by atoms with E-state index in [4.69, 9.17) is 21.0 Å². The van der Waals surface area contributed by atoms with Crippen LogP contribution < -0.4 is 10.7 Å². The molecule has 1 aliphatic rings. The molecule has 2 rings (SSSR count). The SMILES string of the molecule is N#Cc1c(C#N)c(C#N)c2c(c1C#N)=NC(C(F)(F)C(F)(F)F)N=2. The number of rotatable bonds is 1. The minimum Gasteiger partial charge on any atom is -0.248 e. The molecule has 1 aromatic rings. The first-order valence-corrected chi connectivity index (χ1v) is 5.84. The van der Waals surface area contributed by atoms with Crippen molar-refractivity contribution in [3.05, 3.63) is 33.0 Å². The molecule has 0 N–H and O–H groups in total. The summed E-state index contributed by atoms with van der Waals surface area (Å²) in [5.74, 6) is -5.36. The van der Waals surface area contributed by atoms with E-state index < -0.39 is 51.2 Å². The smallest absolute Gasteiger partial charge is 0.248 e. The Hall–Kier alpha value is -3.57. The summed E-state index contributed by atoms with van der Waals surface area (Å²) >= 11 is 0. The number of hydrogen-bond donors (Lipinski definition) is 0. The maximum atomic E-state index is 13.4. The average Bonchev–Trinajstić information content (AvgIpc) is 2.96. The number of fused-ring (bicyclic) bond motifs is 1. The Morgan fingerprint density at radius 1 is 0.667 bits per heavy atom. The predicted molar refractivity (Wildman–Crippen MR) is 62.4 cm³/mol. The van der Waals surface area contributed by atoms with Crippen molar-refractivity contribution in [1.29, 1.82) is 21.0 Å². The highest BCUT2D eigenvalue weighted by molar-refractivity contribution is 5.61. The lowest BCUT2D eigenvalue weighted by Gasteiger charge is -2.21. The van der Waals surface area contributed by atoms with Crippen molar-refractivity contribution >= 4 is 0 Å². The molecule has 6 nitrogen and oxygen atoms in total. The maximum Gasteiger partial charge on any atom is 0.457 e. The zero-order chi connectivity index (χ0) is 18.3. The van der Waals surface area contributed by atoms with Crippen LogP contribution in [0.25, 0.3) is 0 Å². The van der Waals surface area contributed by atoms with Gasteiger partial charge in [-0.25, -0.2) is 9.98 Å². The molecule has 0 saturated heterocycles. The molecule has 0 unspecified atom stereocenters. The molecule has 0 radical (unpaired) electrons. The van der Waals surface area contributed by atoms with Gasteiger partial charge in [0, 0.05) is 0 Å². The predicted octanol–water partition coefficient (Wildman–Crippen LogP) is 0.950. The molecule has 0 aromatic heterocycles. The van der Waals surface area contributed by atoms with Gasteiger partial charge in [0.15, 0.2) is 0 Å². The van der Waals surface area contributed by atoms with E-state index in [2.05, 4.69) is 9.98 Å². The first-order chi connectivity index (χ1) is 11.1. The first kappa shape index (κ1) is 16.8. The van der Waals surface area contributed by atoms with Crippen LogP contribution in [0.2, 0.25) is 0 Å². The Kier molecular flexibility index (Phi) is 3.68. The van der Waals surface area contributed by atoms with Crippen LogP contribution in [-0.4, -0.2) is 18.3 Å². The van der Waals surface area contributed by atoms with Crippen LogP contribution in [0, 0.1) is 45.3 Å². The fraction of sp³-hybridized carbons (Fsp3) is 0.231. The lowest BCUT2D eigenvalue weighted by molar-refractivity contribution is -0.288. The van der Waals surface area contributed by atoms with Crippen molar-refractivity contribution in [2.75, 3.05) is 0 Å². The molecule has 0 aliphatic carbocycles. The molecule has 11 heteroatoms. The number of hydrogen-bond acceptors (Lipinski definition) is 6. The highest BCUT2D eigenvalue weighted by Gasteiger charge is 2.63. The second-order valence-electron chi connectivity index (χ2n) is 4.40. The third-order valence-electron chi connectivity index (χ3n) is 3.10. The zero-order valence-electron chi connectivity index (χ0n) is 11.2. The van der Waals surface area contributed by atoms with Crippen molar-refractivity contribution in [2.45, 2.75) is 18.3 Å². The number of halogens is 5. The van der Waals surface area contributed by atoms with Gasteiger partial charge in [-0.2, -0.15) is 43.0 Å². The number of nitrogens with zero attached hydrogens (tertiary/aromatic N) is 6. The summed E-state index contributed by atoms with van der Waals surface area (Å²) in [6.45, 7) is 0. The van der Waals surface area contributed by atoms with Crippen LogP contribution in [0.4, 0.5) is 22.0 Å². The van der Waals surface area contributed by atoms with Gasteiger partial charge in [0.1, 0.15) is 35.0 Å². The largest absolute Gasteiger partial charge is 0.457 e. The summed E-state index contributed by atoms with van der Waals surface area (Å²) < 4.78 is 64.2. The Balaban J connectivity index is 2.97. The number of nitriles is 4. The molecular formula is C13HF5N6. The summed E-state index contributed by atoms with van der Waals surface area (Å²) in [5, 5.41) is 34.6. The van der Waals surface area contributed by atoms with Crippen molar-refractivity contribution < 1.29 is 22.0 Å². The lowest BCUT2D eigenvalue weighted by Crippen LogP contribution is -2.45. The highest BCUT2D eigenvalue weighted by Crippen LogP contribution is 2.40. The highest BCUT2D eigenvalue weighted by atomic mass is 19.4. The van der Waals surface area contributed by atoms with Gasteiger partial charge < -0.3 is 0 Å². The summed E-state index contributed by atoms with van der Waals surface area (Å²) in [6, 6.07) is 5.73. The molecule has 1 aromatic carbocycles. The van der Waals surface area contributed by atoms with E-state index in [0.717, 1.165) is 0 Å². The zero-order valence-corrected chi connectivity index (χ0v) is 11.2. The van der Waals surface area contributed by atoms with Gasteiger partial charge >= 0.3 is 12.1 Å². The summed E-state index contributed by atoms with van der Waals surface area (Å²) in [4.78, 5) is 6.16. The third-order valence-corrected chi connectivity index (χ3v) is 3.10. The van der Waals surface area contributed by atoms with Gasteiger partial charge in [-0.1, -0.05) is 0 Å². The monoisotopic (exact) mass is 336 g/mol. The molecule has 24 heavy (non-hydrogen) atoms. The minimum absolute atomic E-state index is 0.634. The Morgan fingerprint density at radius 2 is 1.00 bits per heavy atom. The van der Waals surface area contributed by atoms with Crippen LogP contribution in [-0.2, 0) is 0 Å². The van der Waals surface area contributed by atoms with E-state index in [9.17, 15) is 22.0 Å². The van der Waals surface area contributed by atoms with Gasteiger partial charge in [0.05, 0.1) is 22.3 Å². The summed E-state index contributed by atoms with van der Waals surface area (Å²) in [5.41, 5.74) is -2.64. The van der Waals surface area contributed by atoms with Crippen LogP contribution >= 0.6 is 0 Å². The van der Waals surface area contributed by atoms with Crippen LogP contribution in [0.15, 0.2) is 9.98 Å². The molecule has 0 saturated carbocycles. The van der Waals surface area contributed by atoms with E-state index in [1.165, 1.54) is 24.3 Å². The fourth-order valence-corrected chi connectivity index (χ4v) is 2.00. The quantitative estimate of drug-likeness (QED) is 0.709. The van der Waals surface area contributed by atoms with E-state index in [1.54, 1.807) is 0 Å². The molecule has 0 spiro atoms. The van der Waals surface area contributed by atoms with E-state index in [1.807, 2.05) is 0 Å². The first-order valence-electron chi connectivity index (χ1n) is 5.84. The lowest BCUT2D eigenvalue weighted by atomic mass is 9.97. The second-order valence-corrected chi connectivity index (χ2v) is 4.40. The normalized spacial score (nSPS) is 13.5. The van der Waals surface area contributed by atoms with Crippen LogP contribution in [0.3, 0.4) is 0 Å². The molecule has 0 atom stereocenters. The summed E-state index contributed by atoms with van der Waals surface area (Å²) in [7, 11) is 0. The van der Waals surface area contributed by atoms with E-state index in [-0.39, 0.29) is 0 Å². The van der Waals surface area contributed by atoms with Gasteiger partial charge in [-0.3, -0.25) is 0 Å². The fourth-order valence-electron chi connectivity index (χ4n) is 2.00. The van der Waals surface area contributed by atoms with Crippen molar-refractivity contribution in [1.82, 2.24) is 0 Å².